The van der Waals surface area contributed by atoms with E-state index in [0.29, 0.717) is 17.5 Å². The molecule has 0 spiro atoms. The Morgan fingerprint density at radius 3 is 2.73 bits per heavy atom. The molecule has 1 saturated carbocycles. The molecule has 2 fully saturated rings. The molecule has 3 aliphatic rings. The Morgan fingerprint density at radius 2 is 2.12 bits per heavy atom. The van der Waals surface area contributed by atoms with Gasteiger partial charge in [-0.15, -0.1) is 0 Å². The van der Waals surface area contributed by atoms with Gasteiger partial charge in [0.1, 0.15) is 0 Å². The van der Waals surface area contributed by atoms with Crippen LogP contribution in [0, 0.1) is 24.7 Å². The van der Waals surface area contributed by atoms with E-state index < -0.39 is 0 Å². The molecule has 1 aromatic rings. The maximum absolute atomic E-state index is 13.2. The van der Waals surface area contributed by atoms with E-state index in [-0.39, 0.29) is 5.91 Å². The van der Waals surface area contributed by atoms with Gasteiger partial charge in [-0.25, -0.2) is 0 Å². The van der Waals surface area contributed by atoms with Gasteiger partial charge in [0.25, 0.3) is 5.91 Å². The average Bonchev–Trinajstić information content (AvgIpc) is 3.35. The zero-order chi connectivity index (χ0) is 18.1. The predicted octanol–water partition coefficient (Wildman–Crippen LogP) is 1.72. The zero-order valence-corrected chi connectivity index (χ0v) is 15.9. The van der Waals surface area contributed by atoms with Gasteiger partial charge in [0.05, 0.1) is 13.2 Å². The van der Waals surface area contributed by atoms with Crippen LogP contribution in [-0.4, -0.2) is 71.4 Å². The van der Waals surface area contributed by atoms with Crippen LogP contribution in [0.5, 0.6) is 0 Å². The summed E-state index contributed by atoms with van der Waals surface area (Å²) in [7, 11) is 1.89. The highest BCUT2D eigenvalue weighted by Crippen LogP contribution is 2.43. The largest absolute Gasteiger partial charge is 0.379 e. The fourth-order valence-electron chi connectivity index (χ4n) is 4.58. The fourth-order valence-corrected chi connectivity index (χ4v) is 4.58. The predicted molar refractivity (Wildman–Crippen MR) is 100.0 cm³/mol. The van der Waals surface area contributed by atoms with Crippen molar-refractivity contribution in [3.05, 3.63) is 29.6 Å². The first kappa shape index (κ1) is 17.7. The maximum atomic E-state index is 13.2. The first-order valence-corrected chi connectivity index (χ1v) is 9.88. The summed E-state index contributed by atoms with van der Waals surface area (Å²) in [5, 5.41) is 4.43. The molecule has 2 bridgehead atoms. The van der Waals surface area contributed by atoms with Gasteiger partial charge in [-0.1, -0.05) is 12.2 Å². The number of aromatic nitrogens is 2. The lowest BCUT2D eigenvalue weighted by Gasteiger charge is -2.32. The van der Waals surface area contributed by atoms with Gasteiger partial charge in [-0.2, -0.15) is 5.10 Å². The normalized spacial score (nSPS) is 28.0. The van der Waals surface area contributed by atoms with E-state index in [9.17, 15) is 4.79 Å². The van der Waals surface area contributed by atoms with Crippen molar-refractivity contribution in [3.63, 3.8) is 0 Å². The molecule has 0 N–H and O–H groups in total. The van der Waals surface area contributed by atoms with Crippen LogP contribution in [0.25, 0.3) is 0 Å². The molecule has 0 aromatic carbocycles. The van der Waals surface area contributed by atoms with Crippen LogP contribution in [0.3, 0.4) is 0 Å². The molecule has 1 amide bonds. The average molecular weight is 358 g/mol. The van der Waals surface area contributed by atoms with Gasteiger partial charge >= 0.3 is 0 Å². The van der Waals surface area contributed by atoms with E-state index in [1.807, 2.05) is 20.0 Å². The first-order valence-electron chi connectivity index (χ1n) is 9.88. The molecule has 2 heterocycles. The van der Waals surface area contributed by atoms with Crippen LogP contribution in [0.2, 0.25) is 0 Å². The van der Waals surface area contributed by atoms with E-state index in [2.05, 4.69) is 27.1 Å². The number of rotatable bonds is 6. The van der Waals surface area contributed by atoms with Gasteiger partial charge in [-0.05, 0) is 43.6 Å². The Balaban J connectivity index is 1.44. The molecule has 1 aliphatic heterocycles. The number of carbonyl (C=O) groups is 1. The third-order valence-corrected chi connectivity index (χ3v) is 6.28. The summed E-state index contributed by atoms with van der Waals surface area (Å²) >= 11 is 0. The Labute approximate surface area is 155 Å². The number of carbonyl (C=O) groups excluding carboxylic acids is 1. The summed E-state index contributed by atoms with van der Waals surface area (Å²) < 4.78 is 7.22. The second-order valence-corrected chi connectivity index (χ2v) is 8.04. The van der Waals surface area contributed by atoms with Crippen molar-refractivity contribution >= 4 is 5.91 Å². The van der Waals surface area contributed by atoms with Crippen molar-refractivity contribution in [1.82, 2.24) is 19.6 Å². The minimum atomic E-state index is 0.0775. The lowest BCUT2D eigenvalue weighted by molar-refractivity contribution is 0.0312. The van der Waals surface area contributed by atoms with Crippen LogP contribution in [0.15, 0.2) is 18.2 Å². The Hall–Kier alpha value is -1.66. The minimum absolute atomic E-state index is 0.0775. The zero-order valence-electron chi connectivity index (χ0n) is 15.9. The van der Waals surface area contributed by atoms with Gasteiger partial charge in [0.2, 0.25) is 0 Å². The number of ether oxygens (including phenoxy) is 1. The van der Waals surface area contributed by atoms with Gasteiger partial charge < -0.3 is 9.64 Å². The standard InChI is InChI=1S/C20H30N4O2/c1-15-11-19(21-22(15)2)20(25)24(6-5-23-7-9-26-10-8-23)14-18-13-16-3-4-17(18)12-16/h3-4,11,16-18H,5-10,12-14H2,1-2H3/t16-,17-,18-/m0/s1. The third kappa shape index (κ3) is 3.71. The van der Waals surface area contributed by atoms with Gasteiger partial charge in [0.15, 0.2) is 5.69 Å². The Bertz CT molecular complexity index is 658. The van der Waals surface area contributed by atoms with E-state index >= 15 is 0 Å². The van der Waals surface area contributed by atoms with Crippen molar-refractivity contribution < 1.29 is 9.53 Å². The molecule has 1 aromatic heterocycles. The number of morpholine rings is 1. The number of amides is 1. The first-order chi connectivity index (χ1) is 12.6. The topological polar surface area (TPSA) is 50.6 Å². The Morgan fingerprint density at radius 1 is 1.31 bits per heavy atom. The van der Waals surface area contributed by atoms with Gasteiger partial charge in [-0.3, -0.25) is 14.4 Å². The second kappa shape index (κ2) is 7.53. The highest BCUT2D eigenvalue weighted by molar-refractivity contribution is 5.92. The summed E-state index contributed by atoms with van der Waals surface area (Å²) in [6, 6.07) is 1.91. The van der Waals surface area contributed by atoms with Crippen molar-refractivity contribution in [2.45, 2.75) is 19.8 Å². The molecule has 26 heavy (non-hydrogen) atoms. The molecule has 4 rings (SSSR count). The lowest BCUT2D eigenvalue weighted by atomic mass is 9.93. The lowest BCUT2D eigenvalue weighted by Crippen LogP contribution is -2.45. The van der Waals surface area contributed by atoms with Crippen molar-refractivity contribution in [1.29, 1.82) is 0 Å². The highest BCUT2D eigenvalue weighted by Gasteiger charge is 2.37. The van der Waals surface area contributed by atoms with E-state index in [1.54, 1.807) is 4.68 Å². The van der Waals surface area contributed by atoms with Crippen LogP contribution in [0.1, 0.15) is 29.0 Å². The van der Waals surface area contributed by atoms with E-state index in [1.165, 1.54) is 12.8 Å². The molecular formula is C20H30N4O2. The molecular weight excluding hydrogens is 328 g/mol. The van der Waals surface area contributed by atoms with Crippen LogP contribution in [-0.2, 0) is 11.8 Å². The molecule has 3 atom stereocenters. The van der Waals surface area contributed by atoms with Gasteiger partial charge in [0, 0.05) is 45.5 Å². The number of nitrogens with zero attached hydrogens (tertiary/aromatic N) is 4. The number of hydrogen-bond acceptors (Lipinski definition) is 4. The van der Waals surface area contributed by atoms with Crippen molar-refractivity contribution in [3.8, 4) is 0 Å². The summed E-state index contributed by atoms with van der Waals surface area (Å²) in [6.07, 6.45) is 7.24. The van der Waals surface area contributed by atoms with E-state index in [4.69, 9.17) is 4.74 Å². The third-order valence-electron chi connectivity index (χ3n) is 6.28. The summed E-state index contributed by atoms with van der Waals surface area (Å²) in [5.74, 6) is 2.07. The van der Waals surface area contributed by atoms with Crippen molar-refractivity contribution in [2.75, 3.05) is 45.9 Å². The number of fused-ring (bicyclic) bond motifs is 2. The van der Waals surface area contributed by atoms with Crippen LogP contribution in [0.4, 0.5) is 0 Å². The second-order valence-electron chi connectivity index (χ2n) is 8.04. The molecule has 6 heteroatoms. The quantitative estimate of drug-likeness (QED) is 0.727. The smallest absolute Gasteiger partial charge is 0.274 e. The van der Waals surface area contributed by atoms with Crippen molar-refractivity contribution in [2.24, 2.45) is 24.8 Å². The molecule has 0 unspecified atom stereocenters. The summed E-state index contributed by atoms with van der Waals surface area (Å²) in [5.41, 5.74) is 1.59. The summed E-state index contributed by atoms with van der Waals surface area (Å²) in [4.78, 5) is 17.6. The number of hydrogen-bond donors (Lipinski definition) is 0. The highest BCUT2D eigenvalue weighted by atomic mass is 16.5. The molecule has 0 radical (unpaired) electrons. The van der Waals surface area contributed by atoms with E-state index in [0.717, 1.165) is 57.5 Å². The monoisotopic (exact) mass is 358 g/mol. The maximum Gasteiger partial charge on any atom is 0.274 e. The minimum Gasteiger partial charge on any atom is -0.379 e. The summed E-state index contributed by atoms with van der Waals surface area (Å²) in [6.45, 7) is 8.04. The molecule has 2 aliphatic carbocycles. The molecule has 142 valence electrons. The Kier molecular flexibility index (Phi) is 5.14. The molecule has 6 nitrogen and oxygen atoms in total. The van der Waals surface area contributed by atoms with Crippen LogP contribution < -0.4 is 0 Å². The SMILES string of the molecule is Cc1cc(C(=O)N(CCN2CCOCC2)C[C@@H]2C[C@H]3C=C[C@H]2C3)nn1C. The number of allylic oxidation sites excluding steroid dienone is 2. The van der Waals surface area contributed by atoms with Crippen LogP contribution >= 0.6 is 0 Å². The number of aryl methyl sites for hydroxylation is 2. The fraction of sp³-hybridized carbons (Fsp3) is 0.700. The molecule has 1 saturated heterocycles.